The molecule has 132 valence electrons. The first-order valence-electron chi connectivity index (χ1n) is 8.01. The quantitative estimate of drug-likeness (QED) is 0.584. The predicted octanol–water partition coefficient (Wildman–Crippen LogP) is 1.94. The van der Waals surface area contributed by atoms with E-state index in [-0.39, 0.29) is 6.61 Å². The van der Waals surface area contributed by atoms with Gasteiger partial charge in [-0.1, -0.05) is 0 Å². The van der Waals surface area contributed by atoms with Crippen LogP contribution in [-0.2, 0) is 18.8 Å². The molecule has 24 heavy (non-hydrogen) atoms. The van der Waals surface area contributed by atoms with Crippen molar-refractivity contribution in [3.05, 3.63) is 18.2 Å². The van der Waals surface area contributed by atoms with E-state index < -0.39 is 24.3 Å². The Morgan fingerprint density at radius 3 is 2.21 bits per heavy atom. The molecule has 0 aromatic heterocycles. The largest absolute Gasteiger partial charge is 0.497 e. The molecule has 0 amide bonds. The highest BCUT2D eigenvalue weighted by atomic mass is 16.7. The molecular weight excluding hydrogens is 311 g/mol. The van der Waals surface area contributed by atoms with E-state index in [0.29, 0.717) is 18.1 Å². The van der Waals surface area contributed by atoms with Crippen LogP contribution in [0.4, 0.5) is 0 Å². The molecule has 1 aliphatic heterocycles. The van der Waals surface area contributed by atoms with Crippen LogP contribution in [0.3, 0.4) is 0 Å². The van der Waals surface area contributed by atoms with Crippen LogP contribution < -0.4 is 14.9 Å². The molecule has 0 N–H and O–H groups in total. The van der Waals surface area contributed by atoms with Crippen molar-refractivity contribution in [1.29, 1.82) is 0 Å². The fourth-order valence-electron chi connectivity index (χ4n) is 2.26. The third-order valence-electron chi connectivity index (χ3n) is 4.33. The number of benzene rings is 1. The van der Waals surface area contributed by atoms with Gasteiger partial charge in [-0.2, -0.15) is 0 Å². The highest BCUT2D eigenvalue weighted by molar-refractivity contribution is 6.62. The predicted molar refractivity (Wildman–Crippen MR) is 90.8 cm³/mol. The van der Waals surface area contributed by atoms with Crippen LogP contribution in [0.5, 0.6) is 11.5 Å². The van der Waals surface area contributed by atoms with Crippen LogP contribution in [-0.4, -0.2) is 44.6 Å². The molecule has 1 saturated heterocycles. The lowest BCUT2D eigenvalue weighted by atomic mass is 9.79. The Morgan fingerprint density at radius 2 is 1.67 bits per heavy atom. The highest BCUT2D eigenvalue weighted by Gasteiger charge is 2.51. The number of ether oxygens (including phenoxy) is 3. The minimum atomic E-state index is -0.532. The van der Waals surface area contributed by atoms with Gasteiger partial charge in [-0.15, -0.1) is 0 Å². The molecule has 0 atom stereocenters. The standard InChI is InChI=1S/C17H25BO6/c1-7-21-15(19)11-22-14-9-12(8-13(10-14)20-6)18-23-16(2,3)17(4,5)24-18/h8-10H,7,11H2,1-6H3. The summed E-state index contributed by atoms with van der Waals surface area (Å²) in [7, 11) is 1.04. The van der Waals surface area contributed by atoms with Gasteiger partial charge >= 0.3 is 13.1 Å². The SMILES string of the molecule is CCOC(=O)COc1cc(OC)cc(B2OC(C)(C)C(C)(C)O2)c1. The summed E-state index contributed by atoms with van der Waals surface area (Å²) in [5.74, 6) is 0.672. The zero-order valence-electron chi connectivity index (χ0n) is 15.2. The monoisotopic (exact) mass is 336 g/mol. The van der Waals surface area contributed by atoms with Gasteiger partial charge in [0.15, 0.2) is 6.61 Å². The molecule has 1 fully saturated rings. The molecule has 7 heteroatoms. The van der Waals surface area contributed by atoms with Crippen molar-refractivity contribution in [3.63, 3.8) is 0 Å². The van der Waals surface area contributed by atoms with Gasteiger partial charge in [0, 0.05) is 6.07 Å². The topological polar surface area (TPSA) is 63.2 Å². The van der Waals surface area contributed by atoms with Crippen molar-refractivity contribution < 1.29 is 28.3 Å². The number of hydrogen-bond acceptors (Lipinski definition) is 6. The summed E-state index contributed by atoms with van der Waals surface area (Å²) in [5.41, 5.74) is -0.105. The van der Waals surface area contributed by atoms with Gasteiger partial charge in [-0.25, -0.2) is 4.79 Å². The van der Waals surface area contributed by atoms with Crippen LogP contribution in [0.25, 0.3) is 0 Å². The fraction of sp³-hybridized carbons (Fsp3) is 0.588. The first-order chi connectivity index (χ1) is 11.2. The number of hydrogen-bond donors (Lipinski definition) is 0. The second-order valence-electron chi connectivity index (χ2n) is 6.62. The summed E-state index contributed by atoms with van der Waals surface area (Å²) in [6.07, 6.45) is 0. The Balaban J connectivity index is 2.19. The van der Waals surface area contributed by atoms with Crippen LogP contribution >= 0.6 is 0 Å². The van der Waals surface area contributed by atoms with E-state index in [4.69, 9.17) is 23.5 Å². The number of esters is 1. The van der Waals surface area contributed by atoms with E-state index in [0.717, 1.165) is 5.46 Å². The number of methoxy groups -OCH3 is 1. The van der Waals surface area contributed by atoms with Crippen molar-refractivity contribution in [2.75, 3.05) is 20.3 Å². The molecule has 0 spiro atoms. The Bertz CT molecular complexity index is 583. The first kappa shape index (κ1) is 18.6. The average molecular weight is 336 g/mol. The first-order valence-corrected chi connectivity index (χ1v) is 8.01. The van der Waals surface area contributed by atoms with Crippen molar-refractivity contribution in [3.8, 4) is 11.5 Å². The number of carbonyl (C=O) groups is 1. The van der Waals surface area contributed by atoms with Gasteiger partial charge in [0.2, 0.25) is 0 Å². The lowest BCUT2D eigenvalue weighted by Crippen LogP contribution is -2.41. The highest BCUT2D eigenvalue weighted by Crippen LogP contribution is 2.37. The lowest BCUT2D eigenvalue weighted by molar-refractivity contribution is -0.145. The van der Waals surface area contributed by atoms with E-state index in [1.54, 1.807) is 26.2 Å². The summed E-state index contributed by atoms with van der Waals surface area (Å²) >= 11 is 0. The molecular formula is C17H25BO6. The summed E-state index contributed by atoms with van der Waals surface area (Å²) in [5, 5.41) is 0. The molecule has 0 bridgehead atoms. The van der Waals surface area contributed by atoms with E-state index in [2.05, 4.69) is 0 Å². The Labute approximate surface area is 143 Å². The zero-order valence-corrected chi connectivity index (χ0v) is 15.2. The van der Waals surface area contributed by atoms with Crippen molar-refractivity contribution in [2.24, 2.45) is 0 Å². The molecule has 2 rings (SSSR count). The zero-order chi connectivity index (χ0) is 18.0. The summed E-state index contributed by atoms with van der Waals surface area (Å²) in [6.45, 7) is 9.87. The van der Waals surface area contributed by atoms with Crippen LogP contribution in [0.2, 0.25) is 0 Å². The normalized spacial score (nSPS) is 18.3. The number of carbonyl (C=O) groups excluding carboxylic acids is 1. The molecule has 0 aliphatic carbocycles. The van der Waals surface area contributed by atoms with Gasteiger partial charge in [0.05, 0.1) is 24.9 Å². The van der Waals surface area contributed by atoms with Gasteiger partial charge in [-0.3, -0.25) is 0 Å². The lowest BCUT2D eigenvalue weighted by Gasteiger charge is -2.32. The molecule has 1 aliphatic rings. The average Bonchev–Trinajstić information content (AvgIpc) is 2.73. The van der Waals surface area contributed by atoms with Gasteiger partial charge < -0.3 is 23.5 Å². The van der Waals surface area contributed by atoms with E-state index in [1.807, 2.05) is 33.8 Å². The Hall–Kier alpha value is -1.73. The van der Waals surface area contributed by atoms with Crippen LogP contribution in [0.15, 0.2) is 18.2 Å². The smallest absolute Gasteiger partial charge is 0.495 e. The third-order valence-corrected chi connectivity index (χ3v) is 4.33. The molecule has 0 radical (unpaired) electrons. The molecule has 0 unspecified atom stereocenters. The molecule has 6 nitrogen and oxygen atoms in total. The van der Waals surface area contributed by atoms with Gasteiger partial charge in [0.1, 0.15) is 11.5 Å². The van der Waals surface area contributed by atoms with Crippen molar-refractivity contribution in [2.45, 2.75) is 45.8 Å². The van der Waals surface area contributed by atoms with Crippen molar-refractivity contribution >= 4 is 18.6 Å². The third kappa shape index (κ3) is 4.02. The summed E-state index contributed by atoms with van der Waals surface area (Å²) < 4.78 is 27.8. The molecule has 1 heterocycles. The Morgan fingerprint density at radius 1 is 1.08 bits per heavy atom. The van der Waals surface area contributed by atoms with Gasteiger partial charge in [-0.05, 0) is 52.2 Å². The second kappa shape index (κ2) is 7.03. The molecule has 0 saturated carbocycles. The molecule has 1 aromatic rings. The van der Waals surface area contributed by atoms with E-state index >= 15 is 0 Å². The maximum atomic E-state index is 11.5. The minimum absolute atomic E-state index is 0.163. The van der Waals surface area contributed by atoms with Crippen LogP contribution in [0, 0.1) is 0 Å². The number of rotatable bonds is 6. The van der Waals surface area contributed by atoms with Gasteiger partial charge in [0.25, 0.3) is 0 Å². The minimum Gasteiger partial charge on any atom is -0.497 e. The molecule has 1 aromatic carbocycles. The maximum absolute atomic E-state index is 11.5. The van der Waals surface area contributed by atoms with E-state index in [9.17, 15) is 4.79 Å². The maximum Gasteiger partial charge on any atom is 0.495 e. The second-order valence-corrected chi connectivity index (χ2v) is 6.62. The fourth-order valence-corrected chi connectivity index (χ4v) is 2.26. The summed E-state index contributed by atoms with van der Waals surface area (Å²) in [6, 6.07) is 5.32. The summed E-state index contributed by atoms with van der Waals surface area (Å²) in [4.78, 5) is 11.5. The van der Waals surface area contributed by atoms with Crippen LogP contribution in [0.1, 0.15) is 34.6 Å². The Kier molecular flexibility index (Phi) is 5.45. The van der Waals surface area contributed by atoms with E-state index in [1.165, 1.54) is 0 Å². The van der Waals surface area contributed by atoms with Crippen molar-refractivity contribution in [1.82, 2.24) is 0 Å².